The average molecular weight is 550 g/mol. The fraction of sp³-hybridized carbons (Fsp3) is 0.429. The van der Waals surface area contributed by atoms with Crippen LogP contribution in [0.4, 0.5) is 10.7 Å². The molecule has 1 N–H and O–H groups in total. The van der Waals surface area contributed by atoms with Gasteiger partial charge in [-0.2, -0.15) is 0 Å². The maximum Gasteiger partial charge on any atom is 0.270 e. The zero-order valence-corrected chi connectivity index (χ0v) is 23.3. The second kappa shape index (κ2) is 11.7. The van der Waals surface area contributed by atoms with E-state index in [-0.39, 0.29) is 17.6 Å². The van der Waals surface area contributed by atoms with Gasteiger partial charge in [0.15, 0.2) is 5.16 Å². The average Bonchev–Trinajstić information content (AvgIpc) is 3.26. The van der Waals surface area contributed by atoms with Crippen molar-refractivity contribution < 1.29 is 9.72 Å². The first kappa shape index (κ1) is 26.5. The molecule has 0 spiro atoms. The normalized spacial score (nSPS) is 15.9. The van der Waals surface area contributed by atoms with Crippen molar-refractivity contribution in [2.75, 3.05) is 0 Å². The lowest BCUT2D eigenvalue weighted by atomic mass is 9.93. The molecule has 0 unspecified atom stereocenters. The molecular formula is C28H31N5O3S2. The lowest BCUT2D eigenvalue weighted by Gasteiger charge is -2.23. The summed E-state index contributed by atoms with van der Waals surface area (Å²) in [5.74, 6) is -0.0410. The van der Waals surface area contributed by atoms with Crippen molar-refractivity contribution in [2.45, 2.75) is 87.7 Å². The third kappa shape index (κ3) is 6.13. The van der Waals surface area contributed by atoms with E-state index in [4.69, 9.17) is 4.99 Å². The first-order valence-corrected chi connectivity index (χ1v) is 14.8. The number of carbonyl (C=O) groups excluding carboxylic acids is 1. The molecule has 1 aromatic carbocycles. The molecule has 1 amide bonds. The summed E-state index contributed by atoms with van der Waals surface area (Å²) >= 11 is 2.92. The van der Waals surface area contributed by atoms with Gasteiger partial charge < -0.3 is 5.32 Å². The van der Waals surface area contributed by atoms with Crippen LogP contribution >= 0.6 is 23.1 Å². The minimum atomic E-state index is -0.411. The molecule has 0 radical (unpaired) electrons. The van der Waals surface area contributed by atoms with Crippen LogP contribution in [0.1, 0.15) is 82.7 Å². The van der Waals surface area contributed by atoms with Gasteiger partial charge in [-0.1, -0.05) is 19.3 Å². The second-order valence-corrected chi connectivity index (χ2v) is 12.1. The molecule has 1 saturated carbocycles. The third-order valence-corrected chi connectivity index (χ3v) is 9.16. The molecule has 8 nitrogen and oxygen atoms in total. The fourth-order valence-corrected chi connectivity index (χ4v) is 7.36. The van der Waals surface area contributed by atoms with E-state index in [1.165, 1.54) is 35.2 Å². The Bertz CT molecular complexity index is 1380. The second-order valence-electron chi connectivity index (χ2n) is 9.97. The van der Waals surface area contributed by atoms with Crippen molar-refractivity contribution >= 4 is 45.9 Å². The maximum absolute atomic E-state index is 13.5. The molecule has 0 atom stereocenters. The minimum Gasteiger partial charge on any atom is -0.349 e. The highest BCUT2D eigenvalue weighted by molar-refractivity contribution is 7.99. The van der Waals surface area contributed by atoms with E-state index in [1.807, 2.05) is 19.9 Å². The van der Waals surface area contributed by atoms with E-state index in [0.717, 1.165) is 73.2 Å². The van der Waals surface area contributed by atoms with E-state index in [0.29, 0.717) is 21.3 Å². The number of nitro benzene ring substituents is 1. The Morgan fingerprint density at radius 3 is 2.58 bits per heavy atom. The van der Waals surface area contributed by atoms with Crippen LogP contribution in [0.5, 0.6) is 0 Å². The molecular weight excluding hydrogens is 518 g/mol. The minimum absolute atomic E-state index is 0.0159. The van der Waals surface area contributed by atoms with Crippen LogP contribution in [-0.2, 0) is 12.8 Å². The number of fused-ring (bicyclic) bond motifs is 1. The number of aliphatic imine (C=N–C) groups is 1. The highest BCUT2D eigenvalue weighted by Gasteiger charge is 2.27. The predicted molar refractivity (Wildman–Crippen MR) is 151 cm³/mol. The van der Waals surface area contributed by atoms with Gasteiger partial charge in [-0.05, 0) is 81.8 Å². The van der Waals surface area contributed by atoms with Crippen LogP contribution in [0.3, 0.4) is 0 Å². The molecule has 1 fully saturated rings. The Kier molecular flexibility index (Phi) is 8.18. The summed E-state index contributed by atoms with van der Waals surface area (Å²) < 4.78 is 0. The molecule has 0 aliphatic heterocycles. The number of nitro groups is 1. The van der Waals surface area contributed by atoms with Gasteiger partial charge in [0.05, 0.1) is 10.5 Å². The number of aromatic nitrogens is 2. The van der Waals surface area contributed by atoms with Gasteiger partial charge in [0.2, 0.25) is 0 Å². The molecule has 2 aliphatic rings. The fourth-order valence-electron chi connectivity index (χ4n) is 5.19. The Morgan fingerprint density at radius 1 is 1.11 bits per heavy atom. The van der Waals surface area contributed by atoms with Crippen LogP contribution in [0.25, 0.3) is 0 Å². The van der Waals surface area contributed by atoms with Crippen molar-refractivity contribution in [3.63, 3.8) is 0 Å². The van der Waals surface area contributed by atoms with Gasteiger partial charge in [0.25, 0.3) is 11.6 Å². The number of hydrogen-bond donors (Lipinski definition) is 1. The monoisotopic (exact) mass is 549 g/mol. The lowest BCUT2D eigenvalue weighted by molar-refractivity contribution is -0.384. The summed E-state index contributed by atoms with van der Waals surface area (Å²) in [5, 5.41) is 16.1. The topological polar surface area (TPSA) is 110 Å². The summed E-state index contributed by atoms with van der Waals surface area (Å²) in [7, 11) is 0. The van der Waals surface area contributed by atoms with Gasteiger partial charge in [-0.15, -0.1) is 11.3 Å². The van der Waals surface area contributed by atoms with Crippen molar-refractivity contribution in [1.29, 1.82) is 0 Å². The molecule has 0 saturated heterocycles. The first-order chi connectivity index (χ1) is 18.4. The number of thiophene rings is 1. The maximum atomic E-state index is 13.5. The van der Waals surface area contributed by atoms with E-state index >= 15 is 0 Å². The smallest absolute Gasteiger partial charge is 0.270 e. The van der Waals surface area contributed by atoms with E-state index in [1.54, 1.807) is 23.6 Å². The summed E-state index contributed by atoms with van der Waals surface area (Å²) in [4.78, 5) is 40.4. The summed E-state index contributed by atoms with van der Waals surface area (Å²) in [6.07, 6.45) is 11.2. The van der Waals surface area contributed by atoms with Crippen LogP contribution in [0.2, 0.25) is 0 Å². The van der Waals surface area contributed by atoms with Crippen LogP contribution in [-0.4, -0.2) is 33.1 Å². The van der Waals surface area contributed by atoms with Gasteiger partial charge in [-0.25, -0.2) is 15.0 Å². The predicted octanol–water partition coefficient (Wildman–Crippen LogP) is 6.91. The van der Waals surface area contributed by atoms with E-state index in [9.17, 15) is 14.9 Å². The first-order valence-electron chi connectivity index (χ1n) is 13.2. The Balaban J connectivity index is 1.49. The lowest BCUT2D eigenvalue weighted by Crippen LogP contribution is -2.36. The molecule has 10 heteroatoms. The summed E-state index contributed by atoms with van der Waals surface area (Å²) in [6.45, 7) is 3.82. The number of rotatable bonds is 7. The number of carbonyl (C=O) groups is 1. The zero-order chi connectivity index (χ0) is 26.6. The zero-order valence-electron chi connectivity index (χ0n) is 21.7. The summed E-state index contributed by atoms with van der Waals surface area (Å²) in [6, 6.07) is 6.82. The Morgan fingerprint density at radius 2 is 1.84 bits per heavy atom. The highest BCUT2D eigenvalue weighted by atomic mass is 32.2. The number of benzene rings is 1. The molecule has 198 valence electrons. The Hall–Kier alpha value is -3.11. The largest absolute Gasteiger partial charge is 0.349 e. The molecule has 38 heavy (non-hydrogen) atoms. The van der Waals surface area contributed by atoms with Gasteiger partial charge in [0, 0.05) is 51.1 Å². The molecule has 2 aliphatic carbocycles. The molecule has 2 aromatic heterocycles. The SMILES string of the molecule is Cc1cc(C)nc(Sc2ccc([N+](=O)[O-])cc2C=Nc2sc3c(c2C(=O)NC2CCCCC2)CCCC3)n1. The number of amides is 1. The van der Waals surface area contributed by atoms with E-state index < -0.39 is 4.92 Å². The highest BCUT2D eigenvalue weighted by Crippen LogP contribution is 2.40. The Labute approximate surface area is 230 Å². The number of hydrogen-bond acceptors (Lipinski definition) is 8. The molecule has 2 heterocycles. The number of nitrogens with zero attached hydrogens (tertiary/aromatic N) is 4. The number of non-ortho nitro benzene ring substituents is 1. The van der Waals surface area contributed by atoms with E-state index in [2.05, 4.69) is 15.3 Å². The number of aryl methyl sites for hydroxylation is 3. The van der Waals surface area contributed by atoms with Gasteiger partial charge >= 0.3 is 0 Å². The van der Waals surface area contributed by atoms with Crippen molar-refractivity contribution in [3.8, 4) is 0 Å². The molecule has 3 aromatic rings. The van der Waals surface area contributed by atoms with Gasteiger partial charge in [0.1, 0.15) is 5.00 Å². The third-order valence-electron chi connectivity index (χ3n) is 7.01. The van der Waals surface area contributed by atoms with Gasteiger partial charge in [-0.3, -0.25) is 14.9 Å². The molecule has 0 bridgehead atoms. The van der Waals surface area contributed by atoms with Crippen molar-refractivity contribution in [2.24, 2.45) is 4.99 Å². The standard InChI is InChI=1S/C28H31N5O3S2/c1-17-14-18(2)31-28(30-17)38-23-13-12-21(33(35)36)15-19(23)16-29-27-25(22-10-6-7-11-24(22)37-27)26(34)32-20-8-4-3-5-9-20/h12-16,20H,3-11H2,1-2H3,(H,32,34). The molecule has 5 rings (SSSR count). The number of nitrogens with one attached hydrogen (secondary N) is 1. The van der Waals surface area contributed by atoms with Crippen LogP contribution in [0, 0.1) is 24.0 Å². The van der Waals surface area contributed by atoms with Crippen LogP contribution in [0.15, 0.2) is 39.3 Å². The summed E-state index contributed by atoms with van der Waals surface area (Å²) in [5.41, 5.74) is 4.10. The van der Waals surface area contributed by atoms with Crippen molar-refractivity contribution in [3.05, 3.63) is 67.3 Å². The quantitative estimate of drug-likeness (QED) is 0.148. The van der Waals surface area contributed by atoms with Crippen molar-refractivity contribution in [1.82, 2.24) is 15.3 Å². The van der Waals surface area contributed by atoms with Crippen LogP contribution < -0.4 is 5.32 Å².